The van der Waals surface area contributed by atoms with E-state index in [9.17, 15) is 9.59 Å². The molecular formula is C11H19NO3. The lowest BCUT2D eigenvalue weighted by Gasteiger charge is -2.27. The molecule has 0 fully saturated rings. The summed E-state index contributed by atoms with van der Waals surface area (Å²) >= 11 is 0. The summed E-state index contributed by atoms with van der Waals surface area (Å²) in [5.41, 5.74) is 0. The Morgan fingerprint density at radius 2 is 2.00 bits per heavy atom. The molecule has 0 heterocycles. The molecule has 0 aliphatic heterocycles. The molecule has 2 atom stereocenters. The highest BCUT2D eigenvalue weighted by molar-refractivity contribution is 5.81. The van der Waals surface area contributed by atoms with Crippen molar-refractivity contribution in [3.8, 4) is 0 Å². The molecule has 0 aromatic carbocycles. The number of hydrogen-bond donors (Lipinski definition) is 1. The number of hydrogen-bond acceptors (Lipinski definition) is 3. The molecule has 0 aliphatic carbocycles. The first-order chi connectivity index (χ1) is 6.90. The summed E-state index contributed by atoms with van der Waals surface area (Å²) in [6.07, 6.45) is 1.67. The zero-order valence-electron chi connectivity index (χ0n) is 9.56. The van der Waals surface area contributed by atoms with Crippen LogP contribution in [-0.2, 0) is 9.59 Å². The Hall–Kier alpha value is -1.16. The van der Waals surface area contributed by atoms with Gasteiger partial charge in [-0.25, -0.2) is 0 Å². The molecule has 0 saturated heterocycles. The van der Waals surface area contributed by atoms with Crippen LogP contribution in [-0.4, -0.2) is 40.9 Å². The highest BCUT2D eigenvalue weighted by atomic mass is 16.4. The summed E-state index contributed by atoms with van der Waals surface area (Å²) in [5.74, 6) is -1.29. The third-order valence-corrected chi connectivity index (χ3v) is 2.43. The van der Waals surface area contributed by atoms with Gasteiger partial charge in [-0.2, -0.15) is 0 Å². The minimum Gasteiger partial charge on any atom is -0.481 e. The third kappa shape index (κ3) is 4.74. The standard InChI is InChI=1S/C11H19NO3/c1-5-6-12(9(3)10(4)13)7-8(2)11(14)15/h5,8-9H,1,6-7H2,2-4H3,(H,14,15). The molecule has 0 amide bonds. The molecule has 0 bridgehead atoms. The zero-order valence-corrected chi connectivity index (χ0v) is 9.56. The van der Waals surface area contributed by atoms with E-state index in [1.807, 2.05) is 4.90 Å². The van der Waals surface area contributed by atoms with Gasteiger partial charge in [0.15, 0.2) is 0 Å². The molecule has 86 valence electrons. The molecule has 0 saturated carbocycles. The van der Waals surface area contributed by atoms with E-state index in [-0.39, 0.29) is 11.8 Å². The van der Waals surface area contributed by atoms with Gasteiger partial charge in [0, 0.05) is 13.1 Å². The van der Waals surface area contributed by atoms with Crippen molar-refractivity contribution in [3.63, 3.8) is 0 Å². The van der Waals surface area contributed by atoms with Crippen molar-refractivity contribution in [1.82, 2.24) is 4.90 Å². The Morgan fingerprint density at radius 3 is 2.33 bits per heavy atom. The second kappa shape index (κ2) is 6.35. The predicted molar refractivity (Wildman–Crippen MR) is 58.7 cm³/mol. The van der Waals surface area contributed by atoms with E-state index in [4.69, 9.17) is 5.11 Å². The Kier molecular flexibility index (Phi) is 5.86. The maximum Gasteiger partial charge on any atom is 0.307 e. The lowest BCUT2D eigenvalue weighted by molar-refractivity contribution is -0.142. The number of ketones is 1. The summed E-state index contributed by atoms with van der Waals surface area (Å²) in [6, 6.07) is -0.259. The van der Waals surface area contributed by atoms with Gasteiger partial charge in [-0.3, -0.25) is 14.5 Å². The average molecular weight is 213 g/mol. The number of carboxylic acid groups (broad SMARTS) is 1. The van der Waals surface area contributed by atoms with Gasteiger partial charge in [0.25, 0.3) is 0 Å². The Labute approximate surface area is 90.6 Å². The normalized spacial score (nSPS) is 14.7. The summed E-state index contributed by atoms with van der Waals surface area (Å²) in [7, 11) is 0. The van der Waals surface area contributed by atoms with Crippen LogP contribution in [0.15, 0.2) is 12.7 Å². The fourth-order valence-electron chi connectivity index (χ4n) is 1.24. The molecule has 15 heavy (non-hydrogen) atoms. The number of aliphatic carboxylic acids is 1. The number of nitrogens with zero attached hydrogens (tertiary/aromatic N) is 1. The lowest BCUT2D eigenvalue weighted by atomic mass is 10.1. The molecule has 4 heteroatoms. The van der Waals surface area contributed by atoms with Crippen LogP contribution in [0.4, 0.5) is 0 Å². The van der Waals surface area contributed by atoms with Crippen molar-refractivity contribution in [2.75, 3.05) is 13.1 Å². The van der Waals surface area contributed by atoms with Crippen molar-refractivity contribution in [3.05, 3.63) is 12.7 Å². The van der Waals surface area contributed by atoms with E-state index in [1.165, 1.54) is 6.92 Å². The molecule has 0 radical (unpaired) electrons. The average Bonchev–Trinajstić information content (AvgIpc) is 2.15. The lowest BCUT2D eigenvalue weighted by Crippen LogP contribution is -2.42. The first-order valence-electron chi connectivity index (χ1n) is 4.98. The molecule has 0 aromatic heterocycles. The summed E-state index contributed by atoms with van der Waals surface area (Å²) in [5, 5.41) is 8.78. The fraction of sp³-hybridized carbons (Fsp3) is 0.636. The SMILES string of the molecule is C=CCN(CC(C)C(=O)O)C(C)C(C)=O. The number of Topliss-reactive ketones (excluding diaryl/α,β-unsaturated/α-hetero) is 1. The van der Waals surface area contributed by atoms with E-state index in [2.05, 4.69) is 6.58 Å². The topological polar surface area (TPSA) is 57.6 Å². The van der Waals surface area contributed by atoms with Crippen LogP contribution in [0.3, 0.4) is 0 Å². The van der Waals surface area contributed by atoms with E-state index >= 15 is 0 Å². The third-order valence-electron chi connectivity index (χ3n) is 2.43. The molecule has 0 rings (SSSR count). The highest BCUT2D eigenvalue weighted by Crippen LogP contribution is 2.06. The van der Waals surface area contributed by atoms with Crippen LogP contribution in [0.1, 0.15) is 20.8 Å². The molecule has 1 N–H and O–H groups in total. The van der Waals surface area contributed by atoms with E-state index in [0.717, 1.165) is 0 Å². The first-order valence-corrected chi connectivity index (χ1v) is 4.98. The Balaban J connectivity index is 4.45. The van der Waals surface area contributed by atoms with Crippen molar-refractivity contribution < 1.29 is 14.7 Å². The van der Waals surface area contributed by atoms with Gasteiger partial charge in [0.05, 0.1) is 12.0 Å². The summed E-state index contributed by atoms with van der Waals surface area (Å²) < 4.78 is 0. The predicted octanol–water partition coefficient (Wildman–Crippen LogP) is 1.17. The van der Waals surface area contributed by atoms with Crippen LogP contribution in [0.25, 0.3) is 0 Å². The van der Waals surface area contributed by atoms with Gasteiger partial charge in [0.1, 0.15) is 5.78 Å². The van der Waals surface area contributed by atoms with Gasteiger partial charge in [-0.15, -0.1) is 6.58 Å². The molecule has 4 nitrogen and oxygen atoms in total. The minimum absolute atomic E-state index is 0.0365. The monoisotopic (exact) mass is 213 g/mol. The van der Waals surface area contributed by atoms with Gasteiger partial charge in [0.2, 0.25) is 0 Å². The zero-order chi connectivity index (χ0) is 12.0. The molecule has 0 spiro atoms. The quantitative estimate of drug-likeness (QED) is 0.645. The highest BCUT2D eigenvalue weighted by Gasteiger charge is 2.21. The molecule has 0 aromatic rings. The maximum absolute atomic E-state index is 11.2. The fourth-order valence-corrected chi connectivity index (χ4v) is 1.24. The van der Waals surface area contributed by atoms with E-state index in [1.54, 1.807) is 19.9 Å². The molecule has 0 aliphatic rings. The van der Waals surface area contributed by atoms with Gasteiger partial charge < -0.3 is 5.11 Å². The van der Waals surface area contributed by atoms with Crippen LogP contribution < -0.4 is 0 Å². The van der Waals surface area contributed by atoms with Crippen molar-refractivity contribution in [1.29, 1.82) is 0 Å². The smallest absolute Gasteiger partial charge is 0.307 e. The van der Waals surface area contributed by atoms with Gasteiger partial charge in [-0.05, 0) is 13.8 Å². The van der Waals surface area contributed by atoms with Gasteiger partial charge >= 0.3 is 5.97 Å². The minimum atomic E-state index is -0.847. The van der Waals surface area contributed by atoms with E-state index in [0.29, 0.717) is 13.1 Å². The van der Waals surface area contributed by atoms with Crippen LogP contribution in [0.5, 0.6) is 0 Å². The van der Waals surface area contributed by atoms with Crippen LogP contribution >= 0.6 is 0 Å². The largest absolute Gasteiger partial charge is 0.481 e. The van der Waals surface area contributed by atoms with Crippen LogP contribution in [0.2, 0.25) is 0 Å². The second-order valence-electron chi connectivity index (χ2n) is 3.77. The second-order valence-corrected chi connectivity index (χ2v) is 3.77. The van der Waals surface area contributed by atoms with E-state index < -0.39 is 11.9 Å². The number of rotatable bonds is 7. The van der Waals surface area contributed by atoms with Gasteiger partial charge in [-0.1, -0.05) is 13.0 Å². The van der Waals surface area contributed by atoms with Crippen molar-refractivity contribution in [2.24, 2.45) is 5.92 Å². The van der Waals surface area contributed by atoms with Crippen LogP contribution in [0, 0.1) is 5.92 Å². The molecular weight excluding hydrogens is 194 g/mol. The molecule has 2 unspecified atom stereocenters. The van der Waals surface area contributed by atoms with Crippen molar-refractivity contribution >= 4 is 11.8 Å². The number of carbonyl (C=O) groups excluding carboxylic acids is 1. The number of carboxylic acids is 1. The Morgan fingerprint density at radius 1 is 1.47 bits per heavy atom. The first kappa shape index (κ1) is 13.8. The van der Waals surface area contributed by atoms with Crippen molar-refractivity contribution in [2.45, 2.75) is 26.8 Å². The summed E-state index contributed by atoms with van der Waals surface area (Å²) in [6.45, 7) is 9.40. The summed E-state index contributed by atoms with van der Waals surface area (Å²) in [4.78, 5) is 23.7. The maximum atomic E-state index is 11.2. The Bertz CT molecular complexity index is 250. The number of carbonyl (C=O) groups is 2.